The van der Waals surface area contributed by atoms with Crippen LogP contribution in [0.3, 0.4) is 0 Å². The molecule has 0 bridgehead atoms. The number of ether oxygens (including phenoxy) is 2. The first-order valence-electron chi connectivity index (χ1n) is 6.63. The highest BCUT2D eigenvalue weighted by Crippen LogP contribution is 2.26. The number of phenols is 1. The Hall–Kier alpha value is -2.64. The van der Waals surface area contributed by atoms with E-state index in [1.807, 2.05) is 0 Å². The molecule has 0 aliphatic heterocycles. The van der Waals surface area contributed by atoms with Crippen molar-refractivity contribution in [2.75, 3.05) is 19.0 Å². The summed E-state index contributed by atoms with van der Waals surface area (Å²) in [6.07, 6.45) is -3.02. The smallest absolute Gasteiger partial charge is 0.422 e. The molecule has 1 aromatic heterocycles. The van der Waals surface area contributed by atoms with Gasteiger partial charge in [0.15, 0.2) is 18.1 Å². The van der Waals surface area contributed by atoms with Gasteiger partial charge in [-0.25, -0.2) is 4.98 Å². The van der Waals surface area contributed by atoms with Gasteiger partial charge in [0, 0.05) is 12.6 Å². The summed E-state index contributed by atoms with van der Waals surface area (Å²) in [6, 6.07) is 7.88. The molecule has 2 N–H and O–H groups in total. The highest BCUT2D eigenvalue weighted by atomic mass is 19.4. The second-order valence-corrected chi connectivity index (χ2v) is 4.65. The van der Waals surface area contributed by atoms with Gasteiger partial charge in [0.25, 0.3) is 0 Å². The molecule has 0 atom stereocenters. The molecule has 0 spiro atoms. The topological polar surface area (TPSA) is 63.6 Å². The van der Waals surface area contributed by atoms with E-state index in [0.717, 1.165) is 5.56 Å². The highest BCUT2D eigenvalue weighted by Gasteiger charge is 2.28. The van der Waals surface area contributed by atoms with Crippen molar-refractivity contribution in [1.29, 1.82) is 0 Å². The minimum Gasteiger partial charge on any atom is -0.504 e. The number of hydrogen-bond acceptors (Lipinski definition) is 5. The van der Waals surface area contributed by atoms with E-state index < -0.39 is 12.8 Å². The zero-order valence-corrected chi connectivity index (χ0v) is 12.2. The monoisotopic (exact) mass is 328 g/mol. The standard InChI is InChI=1S/C15H15F3N2O3/c1-22-13-4-2-10(6-12(13)21)7-19-11-3-5-14(20-8-11)23-9-15(16,17)18/h2-6,8,19,21H,7,9H2,1H3. The minimum atomic E-state index is -4.39. The number of aromatic nitrogens is 1. The van der Waals surface area contributed by atoms with Crippen LogP contribution in [0.1, 0.15) is 5.56 Å². The highest BCUT2D eigenvalue weighted by molar-refractivity contribution is 5.45. The quantitative estimate of drug-likeness (QED) is 0.851. The largest absolute Gasteiger partial charge is 0.504 e. The summed E-state index contributed by atoms with van der Waals surface area (Å²) in [5.41, 5.74) is 1.42. The summed E-state index contributed by atoms with van der Waals surface area (Å²) in [5, 5.41) is 12.7. The van der Waals surface area contributed by atoms with Crippen LogP contribution >= 0.6 is 0 Å². The number of alkyl halides is 3. The molecule has 2 rings (SSSR count). The van der Waals surface area contributed by atoms with Gasteiger partial charge in [-0.05, 0) is 23.8 Å². The number of nitrogens with one attached hydrogen (secondary N) is 1. The van der Waals surface area contributed by atoms with E-state index in [0.29, 0.717) is 18.0 Å². The van der Waals surface area contributed by atoms with Crippen LogP contribution in [0.5, 0.6) is 17.4 Å². The summed E-state index contributed by atoms with van der Waals surface area (Å²) in [6.45, 7) is -0.972. The van der Waals surface area contributed by atoms with E-state index >= 15 is 0 Å². The lowest BCUT2D eigenvalue weighted by atomic mass is 10.2. The number of halogens is 3. The second-order valence-electron chi connectivity index (χ2n) is 4.65. The predicted octanol–water partition coefficient (Wildman–Crippen LogP) is 3.35. The van der Waals surface area contributed by atoms with Gasteiger partial charge in [-0.1, -0.05) is 6.07 Å². The third kappa shape index (κ3) is 5.24. The zero-order valence-electron chi connectivity index (χ0n) is 12.2. The van der Waals surface area contributed by atoms with Crippen LogP contribution in [0.4, 0.5) is 18.9 Å². The first-order chi connectivity index (χ1) is 10.9. The maximum Gasteiger partial charge on any atom is 0.422 e. The van der Waals surface area contributed by atoms with Crippen LogP contribution in [0.2, 0.25) is 0 Å². The summed E-state index contributed by atoms with van der Waals surface area (Å²) in [4.78, 5) is 3.78. The number of pyridine rings is 1. The lowest BCUT2D eigenvalue weighted by molar-refractivity contribution is -0.154. The normalized spacial score (nSPS) is 11.1. The molecule has 0 radical (unpaired) electrons. The van der Waals surface area contributed by atoms with Gasteiger partial charge in [-0.3, -0.25) is 0 Å². The Kier molecular flexibility index (Phi) is 5.15. The van der Waals surface area contributed by atoms with Crippen LogP contribution in [-0.2, 0) is 6.54 Å². The van der Waals surface area contributed by atoms with E-state index in [9.17, 15) is 18.3 Å². The molecule has 1 aromatic carbocycles. The SMILES string of the molecule is COc1ccc(CNc2ccc(OCC(F)(F)F)nc2)cc1O. The van der Waals surface area contributed by atoms with E-state index in [2.05, 4.69) is 15.0 Å². The molecule has 0 saturated heterocycles. The van der Waals surface area contributed by atoms with Crippen molar-refractivity contribution in [3.63, 3.8) is 0 Å². The molecular weight excluding hydrogens is 313 g/mol. The predicted molar refractivity (Wildman–Crippen MR) is 77.8 cm³/mol. The van der Waals surface area contributed by atoms with Crippen molar-refractivity contribution in [1.82, 2.24) is 4.98 Å². The fourth-order valence-electron chi connectivity index (χ4n) is 1.78. The summed E-state index contributed by atoms with van der Waals surface area (Å²) in [5.74, 6) is 0.303. The Morgan fingerprint density at radius 2 is 2.00 bits per heavy atom. The molecule has 23 heavy (non-hydrogen) atoms. The molecule has 0 amide bonds. The Bertz CT molecular complexity index is 645. The van der Waals surface area contributed by atoms with E-state index in [-0.39, 0.29) is 11.6 Å². The molecule has 0 unspecified atom stereocenters. The molecular formula is C15H15F3N2O3. The maximum atomic E-state index is 12.0. The number of nitrogens with zero attached hydrogens (tertiary/aromatic N) is 1. The van der Waals surface area contributed by atoms with Crippen LogP contribution in [0.15, 0.2) is 36.5 Å². The van der Waals surface area contributed by atoms with Crippen molar-refractivity contribution in [2.24, 2.45) is 0 Å². The van der Waals surface area contributed by atoms with Crippen molar-refractivity contribution >= 4 is 5.69 Å². The fraction of sp³-hybridized carbons (Fsp3) is 0.267. The van der Waals surface area contributed by atoms with Gasteiger partial charge in [0.05, 0.1) is 19.0 Å². The third-order valence-electron chi connectivity index (χ3n) is 2.86. The molecule has 1 heterocycles. The zero-order chi connectivity index (χ0) is 16.9. The Morgan fingerprint density at radius 1 is 1.22 bits per heavy atom. The minimum absolute atomic E-state index is 0.0285. The van der Waals surface area contributed by atoms with Crippen LogP contribution < -0.4 is 14.8 Å². The molecule has 124 valence electrons. The van der Waals surface area contributed by atoms with Gasteiger partial charge in [0.2, 0.25) is 5.88 Å². The van der Waals surface area contributed by atoms with E-state index in [1.54, 1.807) is 24.3 Å². The Balaban J connectivity index is 1.90. The summed E-state index contributed by atoms with van der Waals surface area (Å²) < 4.78 is 45.5. The average molecular weight is 328 g/mol. The van der Waals surface area contributed by atoms with Crippen LogP contribution in [0.25, 0.3) is 0 Å². The molecule has 2 aromatic rings. The number of hydrogen-bond donors (Lipinski definition) is 2. The molecule has 5 nitrogen and oxygen atoms in total. The first kappa shape index (κ1) is 16.7. The number of methoxy groups -OCH3 is 1. The van der Waals surface area contributed by atoms with Crippen molar-refractivity contribution in [3.05, 3.63) is 42.1 Å². The number of phenolic OH excluding ortho intramolecular Hbond substituents is 1. The van der Waals surface area contributed by atoms with Gasteiger partial charge >= 0.3 is 6.18 Å². The van der Waals surface area contributed by atoms with Crippen molar-refractivity contribution in [2.45, 2.75) is 12.7 Å². The molecule has 0 aliphatic rings. The molecule has 8 heteroatoms. The average Bonchev–Trinajstić information content (AvgIpc) is 2.51. The maximum absolute atomic E-state index is 12.0. The lowest BCUT2D eigenvalue weighted by Crippen LogP contribution is -2.19. The number of anilines is 1. The summed E-state index contributed by atoms with van der Waals surface area (Å²) >= 11 is 0. The number of benzene rings is 1. The number of aromatic hydroxyl groups is 1. The van der Waals surface area contributed by atoms with Gasteiger partial charge in [-0.15, -0.1) is 0 Å². The van der Waals surface area contributed by atoms with Crippen molar-refractivity contribution < 1.29 is 27.8 Å². The van der Waals surface area contributed by atoms with E-state index in [1.165, 1.54) is 19.4 Å². The molecule has 0 aliphatic carbocycles. The van der Waals surface area contributed by atoms with E-state index in [4.69, 9.17) is 4.74 Å². The Labute approximate surface area is 130 Å². The molecule has 0 fully saturated rings. The second kappa shape index (κ2) is 7.08. The third-order valence-corrected chi connectivity index (χ3v) is 2.86. The van der Waals surface area contributed by atoms with Crippen LogP contribution in [-0.4, -0.2) is 30.0 Å². The Morgan fingerprint density at radius 3 is 2.57 bits per heavy atom. The van der Waals surface area contributed by atoms with Gasteiger partial charge in [0.1, 0.15) is 0 Å². The van der Waals surface area contributed by atoms with Crippen molar-refractivity contribution in [3.8, 4) is 17.4 Å². The summed E-state index contributed by atoms with van der Waals surface area (Å²) in [7, 11) is 1.46. The lowest BCUT2D eigenvalue weighted by Gasteiger charge is -2.10. The molecule has 0 saturated carbocycles. The fourth-order valence-corrected chi connectivity index (χ4v) is 1.78. The first-order valence-corrected chi connectivity index (χ1v) is 6.63. The van der Waals surface area contributed by atoms with Gasteiger partial charge in [-0.2, -0.15) is 13.2 Å². The number of rotatable bonds is 6. The van der Waals surface area contributed by atoms with Gasteiger partial charge < -0.3 is 19.9 Å². The van der Waals surface area contributed by atoms with Crippen LogP contribution in [0, 0.1) is 0 Å².